The van der Waals surface area contributed by atoms with Crippen molar-refractivity contribution in [3.05, 3.63) is 27.2 Å². The molecule has 1 aliphatic heterocycles. The zero-order valence-electron chi connectivity index (χ0n) is 11.4. The SMILES string of the molecule is O=c1nc(OC(F)F)c(/C=C/Br)cn1C1OC(CO)C(O)C1O. The first-order chi connectivity index (χ1) is 10.9. The normalized spacial score (nSPS) is 28.0. The molecule has 1 saturated heterocycles. The molecule has 1 fully saturated rings. The van der Waals surface area contributed by atoms with E-state index in [9.17, 15) is 23.8 Å². The second-order valence-electron chi connectivity index (χ2n) is 4.59. The van der Waals surface area contributed by atoms with Crippen LogP contribution in [0.3, 0.4) is 0 Å². The highest BCUT2D eigenvalue weighted by atomic mass is 79.9. The standard InChI is InChI=1S/C12H13BrF2N2O6/c13-2-1-5-3-17(12(21)16-9(5)23-11(14)15)10-8(20)7(19)6(4-18)22-10/h1-3,6-8,10-11,18-20H,4H2/b2-1+. The Bertz CT molecular complexity index is 640. The molecule has 0 amide bonds. The zero-order valence-corrected chi connectivity index (χ0v) is 13.0. The topological polar surface area (TPSA) is 114 Å². The fourth-order valence-corrected chi connectivity index (χ4v) is 2.41. The minimum atomic E-state index is -3.17. The molecule has 2 rings (SSSR count). The van der Waals surface area contributed by atoms with E-state index in [0.717, 1.165) is 10.8 Å². The van der Waals surface area contributed by atoms with Crippen molar-refractivity contribution in [2.75, 3.05) is 6.61 Å². The van der Waals surface area contributed by atoms with Crippen molar-refractivity contribution in [1.29, 1.82) is 0 Å². The fourth-order valence-electron chi connectivity index (χ4n) is 2.12. The number of aliphatic hydroxyl groups is 3. The Morgan fingerprint density at radius 1 is 1.48 bits per heavy atom. The van der Waals surface area contributed by atoms with Gasteiger partial charge in [0.15, 0.2) is 6.23 Å². The van der Waals surface area contributed by atoms with Crippen molar-refractivity contribution < 1.29 is 33.6 Å². The maximum absolute atomic E-state index is 12.4. The van der Waals surface area contributed by atoms with E-state index < -0.39 is 49.3 Å². The van der Waals surface area contributed by atoms with E-state index in [2.05, 4.69) is 25.7 Å². The van der Waals surface area contributed by atoms with Crippen LogP contribution in [0.4, 0.5) is 8.78 Å². The number of hydrogen-bond acceptors (Lipinski definition) is 7. The quantitative estimate of drug-likeness (QED) is 0.630. The van der Waals surface area contributed by atoms with Crippen molar-refractivity contribution in [2.24, 2.45) is 0 Å². The molecule has 4 atom stereocenters. The van der Waals surface area contributed by atoms with Gasteiger partial charge in [-0.1, -0.05) is 15.9 Å². The van der Waals surface area contributed by atoms with Crippen molar-refractivity contribution in [1.82, 2.24) is 9.55 Å². The lowest BCUT2D eigenvalue weighted by Gasteiger charge is -2.18. The highest BCUT2D eigenvalue weighted by Gasteiger charge is 2.44. The van der Waals surface area contributed by atoms with Crippen molar-refractivity contribution >= 4 is 22.0 Å². The number of nitrogens with zero attached hydrogens (tertiary/aromatic N) is 2. The van der Waals surface area contributed by atoms with E-state index in [4.69, 9.17) is 9.84 Å². The Morgan fingerprint density at radius 2 is 2.17 bits per heavy atom. The molecule has 8 nitrogen and oxygen atoms in total. The first-order valence-corrected chi connectivity index (χ1v) is 7.27. The molecule has 128 valence electrons. The molecule has 11 heteroatoms. The fraction of sp³-hybridized carbons (Fsp3) is 0.500. The smallest absolute Gasteiger partial charge is 0.388 e. The average molecular weight is 399 g/mol. The van der Waals surface area contributed by atoms with Crippen LogP contribution in [-0.2, 0) is 4.74 Å². The summed E-state index contributed by atoms with van der Waals surface area (Å²) in [6.07, 6.45) is -2.95. The summed E-state index contributed by atoms with van der Waals surface area (Å²) in [7, 11) is 0. The molecule has 2 heterocycles. The van der Waals surface area contributed by atoms with Gasteiger partial charge in [-0.25, -0.2) is 4.79 Å². The molecule has 0 radical (unpaired) electrons. The van der Waals surface area contributed by atoms with Gasteiger partial charge in [-0.05, 0) is 11.1 Å². The Labute approximate surface area is 136 Å². The van der Waals surface area contributed by atoms with Crippen LogP contribution in [0.25, 0.3) is 6.08 Å². The van der Waals surface area contributed by atoms with Gasteiger partial charge in [0.25, 0.3) is 0 Å². The summed E-state index contributed by atoms with van der Waals surface area (Å²) < 4.78 is 34.9. The van der Waals surface area contributed by atoms with Crippen LogP contribution in [0.1, 0.15) is 11.8 Å². The van der Waals surface area contributed by atoms with Gasteiger partial charge in [0.2, 0.25) is 5.88 Å². The lowest BCUT2D eigenvalue weighted by atomic mass is 10.1. The second kappa shape index (κ2) is 7.45. The minimum absolute atomic E-state index is 0.0134. The summed E-state index contributed by atoms with van der Waals surface area (Å²) in [6.45, 7) is -3.74. The van der Waals surface area contributed by atoms with Crippen LogP contribution in [0.2, 0.25) is 0 Å². The first-order valence-electron chi connectivity index (χ1n) is 6.36. The van der Waals surface area contributed by atoms with Crippen LogP contribution >= 0.6 is 15.9 Å². The molecule has 3 N–H and O–H groups in total. The number of halogens is 3. The zero-order chi connectivity index (χ0) is 17.1. The highest BCUT2D eigenvalue weighted by Crippen LogP contribution is 2.29. The summed E-state index contributed by atoms with van der Waals surface area (Å²) in [5.41, 5.74) is -1.01. The maximum Gasteiger partial charge on any atom is 0.388 e. The summed E-state index contributed by atoms with van der Waals surface area (Å²) in [5, 5.41) is 28.7. The third kappa shape index (κ3) is 3.75. The second-order valence-corrected chi connectivity index (χ2v) is 5.12. The first kappa shape index (κ1) is 17.9. The molecule has 1 aromatic heterocycles. The van der Waals surface area contributed by atoms with E-state index in [1.807, 2.05) is 0 Å². The predicted octanol–water partition coefficient (Wildman–Crippen LogP) is -0.178. The molecular weight excluding hydrogens is 386 g/mol. The molecular formula is C12H13BrF2N2O6. The van der Waals surface area contributed by atoms with Gasteiger partial charge in [-0.2, -0.15) is 13.8 Å². The average Bonchev–Trinajstić information content (AvgIpc) is 2.77. The minimum Gasteiger partial charge on any atom is -0.416 e. The van der Waals surface area contributed by atoms with E-state index in [1.54, 1.807) is 0 Å². The van der Waals surface area contributed by atoms with Gasteiger partial charge < -0.3 is 24.8 Å². The molecule has 0 aromatic carbocycles. The van der Waals surface area contributed by atoms with E-state index >= 15 is 0 Å². The number of aliphatic hydroxyl groups excluding tert-OH is 3. The molecule has 4 unspecified atom stereocenters. The molecule has 0 saturated carbocycles. The van der Waals surface area contributed by atoms with Crippen LogP contribution in [0.5, 0.6) is 5.88 Å². The van der Waals surface area contributed by atoms with Crippen LogP contribution < -0.4 is 10.4 Å². The molecule has 23 heavy (non-hydrogen) atoms. The van der Waals surface area contributed by atoms with Crippen LogP contribution in [0.15, 0.2) is 16.0 Å². The lowest BCUT2D eigenvalue weighted by molar-refractivity contribution is -0.0594. The third-order valence-electron chi connectivity index (χ3n) is 3.18. The molecule has 1 aromatic rings. The van der Waals surface area contributed by atoms with Gasteiger partial charge in [0.05, 0.1) is 12.2 Å². The van der Waals surface area contributed by atoms with Gasteiger partial charge in [-0.3, -0.25) is 4.57 Å². The summed E-state index contributed by atoms with van der Waals surface area (Å²) in [6, 6.07) is 0. The maximum atomic E-state index is 12.4. The molecule has 1 aliphatic rings. The van der Waals surface area contributed by atoms with E-state index in [1.165, 1.54) is 11.1 Å². The van der Waals surface area contributed by atoms with E-state index in [0.29, 0.717) is 0 Å². The van der Waals surface area contributed by atoms with Crippen molar-refractivity contribution in [2.45, 2.75) is 31.2 Å². The summed E-state index contributed by atoms with van der Waals surface area (Å²) in [5.74, 6) is -0.594. The Morgan fingerprint density at radius 3 is 2.70 bits per heavy atom. The molecule has 0 aliphatic carbocycles. The number of aromatic nitrogens is 2. The largest absolute Gasteiger partial charge is 0.416 e. The highest BCUT2D eigenvalue weighted by molar-refractivity contribution is 9.11. The summed E-state index contributed by atoms with van der Waals surface area (Å²) in [4.78, 5) is 16.7. The summed E-state index contributed by atoms with van der Waals surface area (Å²) >= 11 is 2.96. The number of alkyl halides is 2. The Balaban J connectivity index is 2.44. The van der Waals surface area contributed by atoms with Gasteiger partial charge in [0, 0.05) is 6.20 Å². The van der Waals surface area contributed by atoms with Gasteiger partial charge in [-0.15, -0.1) is 0 Å². The predicted molar refractivity (Wildman–Crippen MR) is 76.1 cm³/mol. The third-order valence-corrected chi connectivity index (χ3v) is 3.44. The molecule has 0 bridgehead atoms. The molecule has 0 spiro atoms. The lowest BCUT2D eigenvalue weighted by Crippen LogP contribution is -2.36. The van der Waals surface area contributed by atoms with E-state index in [-0.39, 0.29) is 5.56 Å². The van der Waals surface area contributed by atoms with Crippen LogP contribution in [-0.4, -0.2) is 56.4 Å². The monoisotopic (exact) mass is 398 g/mol. The Kier molecular flexibility index (Phi) is 5.81. The van der Waals surface area contributed by atoms with Crippen LogP contribution in [0, 0.1) is 0 Å². The number of ether oxygens (including phenoxy) is 2. The number of rotatable bonds is 5. The Hall–Kier alpha value is -1.40. The van der Waals surface area contributed by atoms with Gasteiger partial charge >= 0.3 is 12.3 Å². The van der Waals surface area contributed by atoms with Crippen molar-refractivity contribution in [3.8, 4) is 5.88 Å². The van der Waals surface area contributed by atoms with Gasteiger partial charge in [0.1, 0.15) is 18.3 Å². The van der Waals surface area contributed by atoms with Crippen molar-refractivity contribution in [3.63, 3.8) is 0 Å². The number of hydrogen-bond donors (Lipinski definition) is 3.